The first kappa shape index (κ1) is 19.1. The molecule has 0 amide bonds. The van der Waals surface area contributed by atoms with Gasteiger partial charge in [-0.25, -0.2) is 9.97 Å². The Morgan fingerprint density at radius 3 is 2.08 bits per heavy atom. The monoisotopic (exact) mass is 350 g/mol. The van der Waals surface area contributed by atoms with E-state index in [2.05, 4.69) is 48.1 Å². The lowest BCUT2D eigenvalue weighted by atomic mass is 9.78. The first-order chi connectivity index (χ1) is 12.8. The molecule has 1 fully saturated rings. The molecular weight excluding hydrogens is 316 g/mol. The fraction of sp³-hybridized carbons (Fsp3) is 0.583. The third-order valence-electron chi connectivity index (χ3n) is 6.12. The van der Waals surface area contributed by atoms with Gasteiger partial charge in [-0.1, -0.05) is 76.6 Å². The van der Waals surface area contributed by atoms with Crippen molar-refractivity contribution in [2.75, 3.05) is 0 Å². The first-order valence-corrected chi connectivity index (χ1v) is 10.7. The van der Waals surface area contributed by atoms with Crippen molar-refractivity contribution >= 4 is 0 Å². The molecule has 1 aliphatic carbocycles. The number of aryl methyl sites for hydroxylation is 2. The number of aromatic nitrogens is 2. The van der Waals surface area contributed by atoms with E-state index in [4.69, 9.17) is 0 Å². The van der Waals surface area contributed by atoms with Gasteiger partial charge >= 0.3 is 0 Å². The van der Waals surface area contributed by atoms with Crippen LogP contribution >= 0.6 is 0 Å². The summed E-state index contributed by atoms with van der Waals surface area (Å²) in [6.07, 6.45) is 17.2. The second-order valence-corrected chi connectivity index (χ2v) is 8.05. The van der Waals surface area contributed by atoms with Crippen LogP contribution in [-0.2, 0) is 12.8 Å². The number of unbranched alkanes of at least 4 members (excludes halogenated alkanes) is 1. The maximum atomic E-state index is 4.55. The molecular formula is C24H34N2. The SMILES string of the molecule is CCCCc1cnc(-c2ccc(CCC3CCC(CC)CC3)cc2)nc1. The molecule has 1 heterocycles. The third kappa shape index (κ3) is 5.40. The van der Waals surface area contributed by atoms with Crippen molar-refractivity contribution in [3.63, 3.8) is 0 Å². The van der Waals surface area contributed by atoms with E-state index >= 15 is 0 Å². The summed E-state index contributed by atoms with van der Waals surface area (Å²) in [5, 5.41) is 0. The second kappa shape index (κ2) is 9.85. The number of hydrogen-bond acceptors (Lipinski definition) is 2. The van der Waals surface area contributed by atoms with Crippen molar-refractivity contribution in [1.29, 1.82) is 0 Å². The van der Waals surface area contributed by atoms with E-state index in [1.807, 2.05) is 12.4 Å². The fourth-order valence-corrected chi connectivity index (χ4v) is 4.13. The lowest BCUT2D eigenvalue weighted by Gasteiger charge is -2.27. The minimum atomic E-state index is 0.842. The molecule has 1 aliphatic rings. The molecule has 2 nitrogen and oxygen atoms in total. The van der Waals surface area contributed by atoms with Crippen LogP contribution < -0.4 is 0 Å². The summed E-state index contributed by atoms with van der Waals surface area (Å²) in [4.78, 5) is 9.11. The van der Waals surface area contributed by atoms with Gasteiger partial charge in [-0.05, 0) is 48.6 Å². The van der Waals surface area contributed by atoms with E-state index in [0.29, 0.717) is 0 Å². The second-order valence-electron chi connectivity index (χ2n) is 8.05. The molecule has 140 valence electrons. The predicted octanol–water partition coefficient (Wildman–Crippen LogP) is 6.64. The van der Waals surface area contributed by atoms with Gasteiger partial charge in [0.25, 0.3) is 0 Å². The highest BCUT2D eigenvalue weighted by Crippen LogP contribution is 2.33. The van der Waals surface area contributed by atoms with Crippen LogP contribution in [0.2, 0.25) is 0 Å². The molecule has 0 radical (unpaired) electrons. The molecule has 0 N–H and O–H groups in total. The number of hydrogen-bond donors (Lipinski definition) is 0. The van der Waals surface area contributed by atoms with Gasteiger partial charge in [0.1, 0.15) is 0 Å². The summed E-state index contributed by atoms with van der Waals surface area (Å²) in [5.41, 5.74) is 3.81. The Kier molecular flexibility index (Phi) is 7.22. The number of nitrogens with zero attached hydrogens (tertiary/aromatic N) is 2. The highest BCUT2D eigenvalue weighted by atomic mass is 14.9. The van der Waals surface area contributed by atoms with Gasteiger partial charge < -0.3 is 0 Å². The molecule has 0 spiro atoms. The summed E-state index contributed by atoms with van der Waals surface area (Å²) in [7, 11) is 0. The lowest BCUT2D eigenvalue weighted by Crippen LogP contribution is -2.14. The Morgan fingerprint density at radius 1 is 0.808 bits per heavy atom. The van der Waals surface area contributed by atoms with Gasteiger partial charge in [0.05, 0.1) is 0 Å². The molecule has 0 atom stereocenters. The van der Waals surface area contributed by atoms with Crippen LogP contribution in [0.4, 0.5) is 0 Å². The van der Waals surface area contributed by atoms with Gasteiger partial charge in [0, 0.05) is 18.0 Å². The molecule has 0 saturated heterocycles. The smallest absolute Gasteiger partial charge is 0.159 e. The molecule has 3 rings (SSSR count). The average Bonchev–Trinajstić information content (AvgIpc) is 2.72. The van der Waals surface area contributed by atoms with Crippen LogP contribution in [0.15, 0.2) is 36.7 Å². The Hall–Kier alpha value is -1.70. The molecule has 26 heavy (non-hydrogen) atoms. The summed E-state index contributed by atoms with van der Waals surface area (Å²) in [6.45, 7) is 4.56. The van der Waals surface area contributed by atoms with Crippen LogP contribution in [0, 0.1) is 11.8 Å². The largest absolute Gasteiger partial charge is 0.236 e. The highest BCUT2D eigenvalue weighted by molar-refractivity contribution is 5.55. The van der Waals surface area contributed by atoms with Crippen LogP contribution in [0.3, 0.4) is 0 Å². The molecule has 1 aromatic carbocycles. The molecule has 2 aromatic rings. The van der Waals surface area contributed by atoms with Crippen LogP contribution in [0.1, 0.15) is 76.3 Å². The van der Waals surface area contributed by atoms with Gasteiger partial charge in [-0.3, -0.25) is 0 Å². The predicted molar refractivity (Wildman–Crippen MR) is 110 cm³/mol. The Balaban J connectivity index is 1.50. The van der Waals surface area contributed by atoms with E-state index in [9.17, 15) is 0 Å². The van der Waals surface area contributed by atoms with Crippen molar-refractivity contribution in [3.8, 4) is 11.4 Å². The maximum absolute atomic E-state index is 4.55. The van der Waals surface area contributed by atoms with Gasteiger partial charge in [-0.15, -0.1) is 0 Å². The van der Waals surface area contributed by atoms with E-state index in [1.165, 1.54) is 68.9 Å². The van der Waals surface area contributed by atoms with Crippen molar-refractivity contribution in [2.45, 2.75) is 78.1 Å². The molecule has 0 unspecified atom stereocenters. The molecule has 1 aromatic heterocycles. The van der Waals surface area contributed by atoms with Crippen LogP contribution in [0.25, 0.3) is 11.4 Å². The summed E-state index contributed by atoms with van der Waals surface area (Å²) in [6, 6.07) is 8.90. The molecule has 0 aliphatic heterocycles. The van der Waals surface area contributed by atoms with Crippen molar-refractivity contribution in [3.05, 3.63) is 47.8 Å². The molecule has 1 saturated carbocycles. The van der Waals surface area contributed by atoms with E-state index in [-0.39, 0.29) is 0 Å². The van der Waals surface area contributed by atoms with Crippen molar-refractivity contribution < 1.29 is 0 Å². The maximum Gasteiger partial charge on any atom is 0.159 e. The van der Waals surface area contributed by atoms with Crippen molar-refractivity contribution in [1.82, 2.24) is 9.97 Å². The Labute approximate surface area is 159 Å². The Morgan fingerprint density at radius 2 is 1.46 bits per heavy atom. The lowest BCUT2D eigenvalue weighted by molar-refractivity contribution is 0.259. The number of rotatable bonds is 8. The topological polar surface area (TPSA) is 25.8 Å². The normalized spacial score (nSPS) is 20.2. The van der Waals surface area contributed by atoms with Gasteiger partial charge in [0.15, 0.2) is 5.82 Å². The van der Waals surface area contributed by atoms with E-state index < -0.39 is 0 Å². The van der Waals surface area contributed by atoms with Gasteiger partial charge in [-0.2, -0.15) is 0 Å². The van der Waals surface area contributed by atoms with E-state index in [1.54, 1.807) is 0 Å². The van der Waals surface area contributed by atoms with Crippen LogP contribution in [0.5, 0.6) is 0 Å². The minimum Gasteiger partial charge on any atom is -0.236 e. The zero-order valence-electron chi connectivity index (χ0n) is 16.6. The summed E-state index contributed by atoms with van der Waals surface area (Å²) >= 11 is 0. The summed E-state index contributed by atoms with van der Waals surface area (Å²) in [5.74, 6) is 2.78. The van der Waals surface area contributed by atoms with Crippen LogP contribution in [-0.4, -0.2) is 9.97 Å². The van der Waals surface area contributed by atoms with E-state index in [0.717, 1.165) is 29.6 Å². The quantitative estimate of drug-likeness (QED) is 0.533. The number of benzene rings is 1. The third-order valence-corrected chi connectivity index (χ3v) is 6.12. The zero-order chi connectivity index (χ0) is 18.2. The molecule has 0 bridgehead atoms. The zero-order valence-corrected chi connectivity index (χ0v) is 16.6. The summed E-state index contributed by atoms with van der Waals surface area (Å²) < 4.78 is 0. The fourth-order valence-electron chi connectivity index (χ4n) is 4.13. The molecule has 2 heteroatoms. The highest BCUT2D eigenvalue weighted by Gasteiger charge is 2.19. The standard InChI is InChI=1S/C24H34N2/c1-3-5-6-22-17-25-24(26-18-22)23-15-13-21(14-16-23)12-11-20-9-7-19(4-2)8-10-20/h13-20H,3-12H2,1-2H3. The van der Waals surface area contributed by atoms with Gasteiger partial charge in [0.2, 0.25) is 0 Å². The minimum absolute atomic E-state index is 0.842. The first-order valence-electron chi connectivity index (χ1n) is 10.7. The Bertz CT molecular complexity index is 637. The average molecular weight is 351 g/mol. The van der Waals surface area contributed by atoms with Crippen molar-refractivity contribution in [2.24, 2.45) is 11.8 Å².